The Hall–Kier alpha value is -8.04. The summed E-state index contributed by atoms with van der Waals surface area (Å²) in [6.45, 7) is 4.66. The van der Waals surface area contributed by atoms with E-state index in [2.05, 4.69) is 266 Å². The van der Waals surface area contributed by atoms with Gasteiger partial charge in [0.15, 0.2) is 0 Å². The molecule has 9 aromatic rings. The van der Waals surface area contributed by atoms with Crippen LogP contribution in [0.25, 0.3) is 21.9 Å². The van der Waals surface area contributed by atoms with E-state index in [9.17, 15) is 0 Å². The first-order chi connectivity index (χ1) is 30.0. The Labute approximate surface area is 359 Å². The highest BCUT2D eigenvalue weighted by Crippen LogP contribution is 2.51. The molecule has 10 rings (SSSR count). The fourth-order valence-corrected chi connectivity index (χ4v) is 8.63. The lowest BCUT2D eigenvalue weighted by Crippen LogP contribution is -2.16. The Morgan fingerprint density at radius 2 is 0.754 bits per heavy atom. The van der Waals surface area contributed by atoms with Crippen LogP contribution >= 0.6 is 0 Å². The van der Waals surface area contributed by atoms with E-state index in [-0.39, 0.29) is 5.41 Å². The van der Waals surface area contributed by atoms with Gasteiger partial charge in [-0.1, -0.05) is 147 Å². The van der Waals surface area contributed by atoms with Gasteiger partial charge in [-0.15, -0.1) is 0 Å². The highest BCUT2D eigenvalue weighted by atomic mass is 15.1. The van der Waals surface area contributed by atoms with Crippen LogP contribution in [0.2, 0.25) is 0 Å². The number of anilines is 6. The molecule has 0 fully saturated rings. The van der Waals surface area contributed by atoms with Gasteiger partial charge >= 0.3 is 0 Å². The summed E-state index contributed by atoms with van der Waals surface area (Å²) in [7, 11) is 0. The largest absolute Gasteiger partial charge is 0.310 e. The molecule has 61 heavy (non-hydrogen) atoms. The SMILES string of the molecule is CC1(C)c2cc(C#Cc3ccc(C#Cc4ccc(N(c5ccccc5)c5ccccc5)c5ccccc45)cc3)ccc2-c2ccc(N(c3ccccc3)c3ccccc3)cc21. The summed E-state index contributed by atoms with van der Waals surface area (Å²) in [5.41, 5.74) is 15.6. The molecular formula is C59H42N2. The minimum Gasteiger partial charge on any atom is -0.310 e. The van der Waals surface area contributed by atoms with Crippen molar-refractivity contribution >= 4 is 44.9 Å². The molecule has 0 aliphatic heterocycles. The zero-order valence-corrected chi connectivity index (χ0v) is 34.2. The second-order valence-corrected chi connectivity index (χ2v) is 15.9. The Morgan fingerprint density at radius 1 is 0.328 bits per heavy atom. The minimum atomic E-state index is -0.188. The lowest BCUT2D eigenvalue weighted by Gasteiger charge is -2.28. The summed E-state index contributed by atoms with van der Waals surface area (Å²) in [4.78, 5) is 4.64. The van der Waals surface area contributed by atoms with E-state index in [0.717, 1.165) is 67.2 Å². The van der Waals surface area contributed by atoms with Crippen molar-refractivity contribution in [3.05, 3.63) is 252 Å². The van der Waals surface area contributed by atoms with Gasteiger partial charge in [0, 0.05) is 61.5 Å². The average Bonchev–Trinajstić information content (AvgIpc) is 3.54. The summed E-state index contributed by atoms with van der Waals surface area (Å²) in [5.74, 6) is 13.8. The first-order valence-corrected chi connectivity index (χ1v) is 20.8. The average molecular weight is 779 g/mol. The lowest BCUT2D eigenvalue weighted by molar-refractivity contribution is 0.660. The summed E-state index contributed by atoms with van der Waals surface area (Å²) in [5, 5.41) is 2.27. The minimum absolute atomic E-state index is 0.188. The molecule has 0 saturated carbocycles. The molecule has 0 heterocycles. The van der Waals surface area contributed by atoms with Crippen LogP contribution < -0.4 is 9.80 Å². The number of hydrogen-bond acceptors (Lipinski definition) is 2. The standard InChI is InChI=1S/C59H42N2/c1-59(2)56-41-45(34-38-53(56)54-39-37-51(42-57(54)59)60(47-17-7-3-8-18-47)48-19-9-4-10-20-48)32-31-43-27-29-44(30-28-43)33-35-46-36-40-58(55-26-16-15-25-52(46)55)61(49-21-11-5-12-22-49)50-23-13-6-14-24-50/h3-30,34,36-42H,1-2H3. The number of nitrogens with zero attached hydrogens (tertiary/aromatic N) is 2. The van der Waals surface area contributed by atoms with Crippen LogP contribution in [0, 0.1) is 23.7 Å². The maximum absolute atomic E-state index is 3.48. The van der Waals surface area contributed by atoms with Crippen molar-refractivity contribution in [2.45, 2.75) is 19.3 Å². The molecule has 0 bridgehead atoms. The monoisotopic (exact) mass is 778 g/mol. The molecule has 1 aliphatic rings. The van der Waals surface area contributed by atoms with Crippen molar-refractivity contribution in [1.82, 2.24) is 0 Å². The summed E-state index contributed by atoms with van der Waals surface area (Å²) in [6.07, 6.45) is 0. The number of para-hydroxylation sites is 4. The molecule has 0 N–H and O–H groups in total. The Kier molecular flexibility index (Phi) is 9.74. The molecule has 2 heteroatoms. The van der Waals surface area contributed by atoms with Crippen LogP contribution in [0.15, 0.2) is 218 Å². The van der Waals surface area contributed by atoms with Gasteiger partial charge in [0.25, 0.3) is 0 Å². The van der Waals surface area contributed by atoms with Crippen molar-refractivity contribution in [2.24, 2.45) is 0 Å². The normalized spacial score (nSPS) is 12.0. The topological polar surface area (TPSA) is 6.48 Å². The number of rotatable bonds is 6. The molecule has 2 nitrogen and oxygen atoms in total. The first kappa shape index (κ1) is 37.2. The van der Waals surface area contributed by atoms with Crippen LogP contribution in [-0.4, -0.2) is 0 Å². The van der Waals surface area contributed by atoms with Crippen LogP contribution in [0.3, 0.4) is 0 Å². The van der Waals surface area contributed by atoms with Gasteiger partial charge in [-0.2, -0.15) is 0 Å². The van der Waals surface area contributed by atoms with Gasteiger partial charge in [-0.3, -0.25) is 0 Å². The van der Waals surface area contributed by atoms with E-state index in [0.29, 0.717) is 0 Å². The molecular weight excluding hydrogens is 737 g/mol. The van der Waals surface area contributed by atoms with E-state index < -0.39 is 0 Å². The highest BCUT2D eigenvalue weighted by molar-refractivity contribution is 6.01. The lowest BCUT2D eigenvalue weighted by atomic mass is 9.82. The summed E-state index contributed by atoms with van der Waals surface area (Å²) in [6, 6.07) is 76.9. The van der Waals surface area contributed by atoms with Crippen molar-refractivity contribution < 1.29 is 0 Å². The fraction of sp³-hybridized carbons (Fsp3) is 0.0508. The Balaban J connectivity index is 0.898. The van der Waals surface area contributed by atoms with Crippen LogP contribution in [-0.2, 0) is 5.41 Å². The van der Waals surface area contributed by atoms with Gasteiger partial charge in [0.05, 0.1) is 5.69 Å². The summed E-state index contributed by atoms with van der Waals surface area (Å²) < 4.78 is 0. The van der Waals surface area contributed by atoms with Crippen LogP contribution in [0.4, 0.5) is 34.1 Å². The maximum Gasteiger partial charge on any atom is 0.0540 e. The molecule has 288 valence electrons. The third-order valence-electron chi connectivity index (χ3n) is 11.7. The first-order valence-electron chi connectivity index (χ1n) is 20.8. The third-order valence-corrected chi connectivity index (χ3v) is 11.7. The van der Waals surface area contributed by atoms with Gasteiger partial charge in [0.1, 0.15) is 0 Å². The molecule has 0 radical (unpaired) electrons. The van der Waals surface area contributed by atoms with Gasteiger partial charge in [0.2, 0.25) is 0 Å². The van der Waals surface area contributed by atoms with E-state index in [1.54, 1.807) is 0 Å². The molecule has 0 amide bonds. The number of fused-ring (bicyclic) bond motifs is 4. The molecule has 0 aromatic heterocycles. The number of hydrogen-bond donors (Lipinski definition) is 0. The fourth-order valence-electron chi connectivity index (χ4n) is 8.63. The van der Waals surface area contributed by atoms with Gasteiger partial charge in [-0.25, -0.2) is 0 Å². The maximum atomic E-state index is 3.48. The predicted molar refractivity (Wildman–Crippen MR) is 256 cm³/mol. The quantitative estimate of drug-likeness (QED) is 0.155. The van der Waals surface area contributed by atoms with Crippen molar-refractivity contribution in [2.75, 3.05) is 9.80 Å². The second-order valence-electron chi connectivity index (χ2n) is 15.9. The van der Waals surface area contributed by atoms with Crippen molar-refractivity contribution in [3.8, 4) is 34.8 Å². The molecule has 1 aliphatic carbocycles. The summed E-state index contributed by atoms with van der Waals surface area (Å²) >= 11 is 0. The Bertz CT molecular complexity index is 3070. The molecule has 0 atom stereocenters. The van der Waals surface area contributed by atoms with Crippen molar-refractivity contribution in [1.29, 1.82) is 0 Å². The smallest absolute Gasteiger partial charge is 0.0540 e. The van der Waals surface area contributed by atoms with E-state index in [1.165, 1.54) is 22.3 Å². The van der Waals surface area contributed by atoms with Crippen LogP contribution in [0.5, 0.6) is 0 Å². The van der Waals surface area contributed by atoms with Gasteiger partial charge in [-0.05, 0) is 137 Å². The number of benzene rings is 9. The molecule has 0 saturated heterocycles. The molecule has 0 spiro atoms. The highest BCUT2D eigenvalue weighted by Gasteiger charge is 2.36. The second kappa shape index (κ2) is 16.0. The molecule has 9 aromatic carbocycles. The predicted octanol–water partition coefficient (Wildman–Crippen LogP) is 14.9. The molecule has 0 unspecified atom stereocenters. The van der Waals surface area contributed by atoms with Crippen molar-refractivity contribution in [3.63, 3.8) is 0 Å². The van der Waals surface area contributed by atoms with Gasteiger partial charge < -0.3 is 9.80 Å². The third kappa shape index (κ3) is 7.23. The van der Waals surface area contributed by atoms with E-state index in [1.807, 2.05) is 0 Å². The Morgan fingerprint density at radius 3 is 1.31 bits per heavy atom. The van der Waals surface area contributed by atoms with E-state index >= 15 is 0 Å². The zero-order valence-electron chi connectivity index (χ0n) is 34.2. The van der Waals surface area contributed by atoms with Crippen LogP contribution in [0.1, 0.15) is 47.2 Å². The van der Waals surface area contributed by atoms with E-state index in [4.69, 9.17) is 0 Å². The zero-order chi connectivity index (χ0) is 41.2.